The maximum atomic E-state index is 10.5. The molecule has 0 amide bonds. The Morgan fingerprint density at radius 1 is 1.50 bits per heavy atom. The molecule has 1 unspecified atom stereocenters. The molecular weight excluding hydrogens is 332 g/mol. The monoisotopic (exact) mass is 334 g/mol. The average molecular weight is 337 g/mol. The highest BCUT2D eigenvalue weighted by Gasteiger charge is 2.14. The van der Waals surface area contributed by atoms with Gasteiger partial charge in [-0.15, -0.1) is 0 Å². The van der Waals surface area contributed by atoms with Gasteiger partial charge in [-0.05, 0) is 15.9 Å². The van der Waals surface area contributed by atoms with Crippen molar-refractivity contribution >= 4 is 53.8 Å². The van der Waals surface area contributed by atoms with Gasteiger partial charge in [0.15, 0.2) is 5.01 Å². The minimum Gasteiger partial charge on any atom is -0.445 e. The van der Waals surface area contributed by atoms with Crippen LogP contribution >= 0.6 is 47.8 Å². The lowest BCUT2D eigenvalue weighted by molar-refractivity contribution is -0.138. The Labute approximate surface area is 84.4 Å². The molecule has 0 fully saturated rings. The van der Waals surface area contributed by atoms with Gasteiger partial charge in [0, 0.05) is 6.08 Å². The topological polar surface area (TPSA) is 26.3 Å². The van der Waals surface area contributed by atoms with Crippen molar-refractivity contribution in [2.24, 2.45) is 0 Å². The molecule has 0 heterocycles. The zero-order chi connectivity index (χ0) is 8.15. The molecule has 0 bridgehead atoms. The van der Waals surface area contributed by atoms with Gasteiger partial charge in [0.05, 0.1) is 0 Å². The molecule has 2 nitrogen and oxygen atoms in total. The number of hydrogen-bond acceptors (Lipinski definition) is 2. The second-order valence-electron chi connectivity index (χ2n) is 1.33. The van der Waals surface area contributed by atoms with Gasteiger partial charge in [0.2, 0.25) is 0 Å². The van der Waals surface area contributed by atoms with Crippen molar-refractivity contribution in [2.75, 3.05) is 0 Å². The van der Waals surface area contributed by atoms with Crippen LogP contribution < -0.4 is 0 Å². The fourth-order valence-electron chi connectivity index (χ4n) is 0.211. The molecule has 0 aromatic carbocycles. The fourth-order valence-corrected chi connectivity index (χ4v) is 0.611. The molecule has 0 saturated carbocycles. The summed E-state index contributed by atoms with van der Waals surface area (Å²) in [6, 6.07) is 0. The van der Waals surface area contributed by atoms with Crippen LogP contribution in [0.5, 0.6) is 0 Å². The van der Waals surface area contributed by atoms with E-state index in [4.69, 9.17) is 4.74 Å². The second-order valence-corrected chi connectivity index (χ2v) is 5.43. The highest BCUT2D eigenvalue weighted by atomic mass is 79.9. The Hall–Kier alpha value is 0.650. The molecule has 5 heteroatoms. The van der Waals surface area contributed by atoms with Crippen LogP contribution in [0, 0.1) is 0 Å². The van der Waals surface area contributed by atoms with Crippen molar-refractivity contribution in [2.45, 2.75) is 8.75 Å². The summed E-state index contributed by atoms with van der Waals surface area (Å²) in [4.78, 5) is 10.5. The van der Waals surface area contributed by atoms with Crippen LogP contribution in [0.25, 0.3) is 0 Å². The minimum absolute atomic E-state index is 0.0936. The van der Waals surface area contributed by atoms with Crippen LogP contribution in [0.1, 0.15) is 0 Å². The number of rotatable bonds is 3. The van der Waals surface area contributed by atoms with E-state index < -0.39 is 5.97 Å². The number of hydrogen-bond donors (Lipinski definition) is 0. The quantitative estimate of drug-likeness (QED) is 0.450. The first-order valence-corrected chi connectivity index (χ1v) is 5.08. The fraction of sp³-hybridized carbons (Fsp3) is 0.400. The van der Waals surface area contributed by atoms with Crippen LogP contribution in [0.4, 0.5) is 0 Å². The first-order valence-electron chi connectivity index (χ1n) is 2.33. The predicted octanol–water partition coefficient (Wildman–Crippen LogP) is 2.55. The number of alkyl halides is 3. The van der Waals surface area contributed by atoms with E-state index in [1.54, 1.807) is 0 Å². The smallest absolute Gasteiger partial charge is 0.331 e. The van der Waals surface area contributed by atoms with Gasteiger partial charge >= 0.3 is 5.97 Å². The third-order valence-electron chi connectivity index (χ3n) is 0.594. The summed E-state index contributed by atoms with van der Waals surface area (Å²) in [5.74, 6) is -0.453. The number of carbonyl (C=O) groups is 1. The summed E-state index contributed by atoms with van der Waals surface area (Å²) in [7, 11) is 0. The molecule has 0 saturated heterocycles. The van der Waals surface area contributed by atoms with Gasteiger partial charge in [0.1, 0.15) is 3.74 Å². The molecule has 0 aliphatic rings. The molecule has 0 aliphatic heterocycles. The number of ether oxygens (including phenoxy) is 1. The third kappa shape index (κ3) is 4.46. The molecule has 0 rings (SSSR count). The molecule has 0 aromatic rings. The lowest BCUT2D eigenvalue weighted by Gasteiger charge is -2.09. The van der Waals surface area contributed by atoms with Gasteiger partial charge < -0.3 is 4.74 Å². The predicted molar refractivity (Wildman–Crippen MR) is 50.6 cm³/mol. The zero-order valence-electron chi connectivity index (χ0n) is 4.89. The Morgan fingerprint density at radius 3 is 2.30 bits per heavy atom. The standard InChI is InChI=1S/C5H5Br3O2/c1-2-3(9)10-5(8)4(6)7/h2,4-5H,1H2. The van der Waals surface area contributed by atoms with Crippen molar-refractivity contribution in [3.63, 3.8) is 0 Å². The molecule has 0 aromatic heterocycles. The van der Waals surface area contributed by atoms with Gasteiger partial charge in [0.25, 0.3) is 0 Å². The second kappa shape index (κ2) is 5.32. The average Bonchev–Trinajstić information content (AvgIpc) is 1.87. The molecule has 58 valence electrons. The van der Waals surface area contributed by atoms with Crippen LogP contribution in [-0.2, 0) is 9.53 Å². The first-order chi connectivity index (χ1) is 4.57. The molecule has 0 aliphatic carbocycles. The summed E-state index contributed by atoms with van der Waals surface area (Å²) < 4.78 is 4.63. The lowest BCUT2D eigenvalue weighted by Crippen LogP contribution is -2.15. The van der Waals surface area contributed by atoms with Gasteiger partial charge in [-0.3, -0.25) is 0 Å². The Kier molecular flexibility index (Phi) is 5.67. The summed E-state index contributed by atoms with van der Waals surface area (Å²) in [5, 5.41) is -0.377. The third-order valence-corrected chi connectivity index (χ3v) is 3.69. The van der Waals surface area contributed by atoms with E-state index in [0.717, 1.165) is 6.08 Å². The van der Waals surface area contributed by atoms with Crippen LogP contribution in [-0.4, -0.2) is 14.7 Å². The molecule has 0 N–H and O–H groups in total. The van der Waals surface area contributed by atoms with Gasteiger partial charge in [-0.2, -0.15) is 0 Å². The maximum Gasteiger partial charge on any atom is 0.331 e. The Morgan fingerprint density at radius 2 is 2.00 bits per heavy atom. The van der Waals surface area contributed by atoms with E-state index in [-0.39, 0.29) is 8.75 Å². The van der Waals surface area contributed by atoms with Gasteiger partial charge in [-0.25, -0.2) is 4.79 Å². The number of carbonyl (C=O) groups excluding carboxylic acids is 1. The Balaban J connectivity index is 3.67. The molecular formula is C5H5Br3O2. The van der Waals surface area contributed by atoms with Crippen molar-refractivity contribution in [1.29, 1.82) is 0 Å². The number of esters is 1. The number of halogens is 3. The van der Waals surface area contributed by atoms with Crippen LogP contribution in [0.2, 0.25) is 0 Å². The van der Waals surface area contributed by atoms with Crippen molar-refractivity contribution in [1.82, 2.24) is 0 Å². The largest absolute Gasteiger partial charge is 0.445 e. The van der Waals surface area contributed by atoms with Gasteiger partial charge in [-0.1, -0.05) is 38.4 Å². The van der Waals surface area contributed by atoms with Crippen molar-refractivity contribution in [3.05, 3.63) is 12.7 Å². The summed E-state index contributed by atoms with van der Waals surface area (Å²) in [6.45, 7) is 3.25. The highest BCUT2D eigenvalue weighted by molar-refractivity contribution is 9.25. The first kappa shape index (κ1) is 10.7. The summed E-state index contributed by atoms with van der Waals surface area (Å²) in [5.41, 5.74) is 0. The highest BCUT2D eigenvalue weighted by Crippen LogP contribution is 2.21. The van der Waals surface area contributed by atoms with E-state index in [9.17, 15) is 4.79 Å². The van der Waals surface area contributed by atoms with Crippen LogP contribution in [0.3, 0.4) is 0 Å². The van der Waals surface area contributed by atoms with E-state index >= 15 is 0 Å². The maximum absolute atomic E-state index is 10.5. The summed E-state index contributed by atoms with van der Waals surface area (Å²) >= 11 is 9.41. The summed E-state index contributed by atoms with van der Waals surface area (Å²) in [6.07, 6.45) is 1.11. The van der Waals surface area contributed by atoms with E-state index in [1.165, 1.54) is 0 Å². The normalized spacial score (nSPS) is 12.8. The van der Waals surface area contributed by atoms with Crippen molar-refractivity contribution in [3.8, 4) is 0 Å². The zero-order valence-corrected chi connectivity index (χ0v) is 9.65. The van der Waals surface area contributed by atoms with E-state index in [0.29, 0.717) is 0 Å². The van der Waals surface area contributed by atoms with E-state index in [2.05, 4.69) is 54.4 Å². The molecule has 0 spiro atoms. The molecule has 0 radical (unpaired) electrons. The molecule has 10 heavy (non-hydrogen) atoms. The minimum atomic E-state index is -0.453. The van der Waals surface area contributed by atoms with E-state index in [1.807, 2.05) is 0 Å². The van der Waals surface area contributed by atoms with Crippen molar-refractivity contribution < 1.29 is 9.53 Å². The Bertz CT molecular complexity index is 135. The SMILES string of the molecule is C=CC(=O)OC(Br)C(Br)Br. The van der Waals surface area contributed by atoms with Crippen LogP contribution in [0.15, 0.2) is 12.7 Å². The lowest BCUT2D eigenvalue weighted by atomic mass is 10.6. The molecule has 1 atom stereocenters.